The third-order valence-electron chi connectivity index (χ3n) is 1.45. The summed E-state index contributed by atoms with van der Waals surface area (Å²) < 4.78 is 10.1. The molecule has 0 aliphatic heterocycles. The largest absolute Gasteiger partial charge is 0.481 e. The molecule has 13 heavy (non-hydrogen) atoms. The number of carboxylic acids is 2. The molecule has 0 saturated heterocycles. The molecule has 0 aromatic carbocycles. The SMILES string of the molecule is O=PC(O)C(CCC(=O)O)C(=O)O. The molecule has 0 bridgehead atoms. The van der Waals surface area contributed by atoms with Crippen molar-refractivity contribution >= 4 is 20.4 Å². The van der Waals surface area contributed by atoms with Gasteiger partial charge in [-0.2, -0.15) is 0 Å². The van der Waals surface area contributed by atoms with Crippen molar-refractivity contribution in [3.63, 3.8) is 0 Å². The summed E-state index contributed by atoms with van der Waals surface area (Å²) in [7, 11) is -0.708. The highest BCUT2D eigenvalue weighted by atomic mass is 31.1. The van der Waals surface area contributed by atoms with Crippen LogP contribution in [0.25, 0.3) is 0 Å². The Morgan fingerprint density at radius 1 is 1.31 bits per heavy atom. The van der Waals surface area contributed by atoms with E-state index < -0.39 is 32.2 Å². The van der Waals surface area contributed by atoms with Gasteiger partial charge in [0, 0.05) is 6.42 Å². The van der Waals surface area contributed by atoms with E-state index in [1.807, 2.05) is 0 Å². The van der Waals surface area contributed by atoms with Gasteiger partial charge in [0.25, 0.3) is 0 Å². The van der Waals surface area contributed by atoms with Crippen molar-refractivity contribution < 1.29 is 29.5 Å². The third-order valence-corrected chi connectivity index (χ3v) is 2.03. The monoisotopic (exact) mass is 208 g/mol. The lowest BCUT2D eigenvalue weighted by Gasteiger charge is -2.11. The van der Waals surface area contributed by atoms with Gasteiger partial charge in [-0.25, -0.2) is 0 Å². The molecule has 0 aromatic heterocycles. The predicted molar refractivity (Wildman–Crippen MR) is 41.6 cm³/mol. The quantitative estimate of drug-likeness (QED) is 0.536. The van der Waals surface area contributed by atoms with Crippen molar-refractivity contribution in [2.75, 3.05) is 0 Å². The third kappa shape index (κ3) is 4.55. The smallest absolute Gasteiger partial charge is 0.309 e. The van der Waals surface area contributed by atoms with Gasteiger partial charge < -0.3 is 15.3 Å². The van der Waals surface area contributed by atoms with Crippen LogP contribution < -0.4 is 0 Å². The molecule has 0 spiro atoms. The molecular weight excluding hydrogens is 199 g/mol. The molecule has 0 fully saturated rings. The molecule has 3 N–H and O–H groups in total. The van der Waals surface area contributed by atoms with E-state index in [9.17, 15) is 14.2 Å². The Bertz CT molecular complexity index is 215. The van der Waals surface area contributed by atoms with Crippen molar-refractivity contribution in [2.24, 2.45) is 5.92 Å². The van der Waals surface area contributed by atoms with Crippen molar-refractivity contribution in [3.8, 4) is 0 Å². The molecule has 0 aliphatic rings. The van der Waals surface area contributed by atoms with Gasteiger partial charge in [0.15, 0.2) is 8.46 Å². The van der Waals surface area contributed by atoms with Crippen LogP contribution in [-0.4, -0.2) is 33.1 Å². The second kappa shape index (κ2) is 5.61. The van der Waals surface area contributed by atoms with Gasteiger partial charge in [0.1, 0.15) is 5.85 Å². The van der Waals surface area contributed by atoms with Crippen molar-refractivity contribution in [1.82, 2.24) is 0 Å². The maximum Gasteiger partial charge on any atom is 0.309 e. The van der Waals surface area contributed by atoms with Crippen LogP contribution >= 0.6 is 8.46 Å². The molecule has 2 atom stereocenters. The fourth-order valence-electron chi connectivity index (χ4n) is 0.753. The second-order valence-electron chi connectivity index (χ2n) is 2.40. The lowest BCUT2D eigenvalue weighted by Crippen LogP contribution is -2.24. The van der Waals surface area contributed by atoms with Gasteiger partial charge in [-0.1, -0.05) is 0 Å². The Morgan fingerprint density at radius 3 is 2.15 bits per heavy atom. The molecule has 2 unspecified atom stereocenters. The van der Waals surface area contributed by atoms with Crippen LogP contribution in [0, 0.1) is 5.92 Å². The number of aliphatic carboxylic acids is 2. The molecule has 0 heterocycles. The second-order valence-corrected chi connectivity index (χ2v) is 3.14. The van der Waals surface area contributed by atoms with Gasteiger partial charge >= 0.3 is 11.9 Å². The number of carboxylic acid groups (broad SMARTS) is 2. The van der Waals surface area contributed by atoms with E-state index >= 15 is 0 Å². The zero-order chi connectivity index (χ0) is 10.4. The highest BCUT2D eigenvalue weighted by Crippen LogP contribution is 2.19. The Balaban J connectivity index is 4.18. The van der Waals surface area contributed by atoms with E-state index in [4.69, 9.17) is 15.3 Å². The lowest BCUT2D eigenvalue weighted by molar-refractivity contribution is -0.145. The van der Waals surface area contributed by atoms with Crippen LogP contribution in [0.1, 0.15) is 12.8 Å². The van der Waals surface area contributed by atoms with E-state index in [1.54, 1.807) is 0 Å². The predicted octanol–water partition coefficient (Wildman–Crippen LogP) is 0.162. The standard InChI is InChI=1S/C6H9O6P/c7-4(8)2-1-3(5(9)10)6(11)13-12/h3,6,11H,1-2H2,(H,7,8)(H,9,10). The minimum Gasteiger partial charge on any atom is -0.481 e. The molecule has 0 aliphatic carbocycles. The molecular formula is C6H9O6P. The highest BCUT2D eigenvalue weighted by Gasteiger charge is 2.27. The van der Waals surface area contributed by atoms with Gasteiger partial charge in [-0.05, 0) is 6.42 Å². The maximum absolute atomic E-state index is 10.4. The van der Waals surface area contributed by atoms with Gasteiger partial charge in [0.2, 0.25) is 0 Å². The summed E-state index contributed by atoms with van der Waals surface area (Å²) in [5.74, 6) is -5.34. The van der Waals surface area contributed by atoms with E-state index in [0.29, 0.717) is 0 Å². The number of rotatable bonds is 6. The number of carbonyl (C=O) groups is 2. The van der Waals surface area contributed by atoms with E-state index in [1.165, 1.54) is 0 Å². The van der Waals surface area contributed by atoms with Crippen LogP contribution in [0.4, 0.5) is 0 Å². The normalized spacial score (nSPS) is 15.2. The lowest BCUT2D eigenvalue weighted by atomic mass is 10.0. The molecule has 6 nitrogen and oxygen atoms in total. The van der Waals surface area contributed by atoms with E-state index in [0.717, 1.165) is 0 Å². The number of hydrogen-bond donors (Lipinski definition) is 3. The molecule has 74 valence electrons. The van der Waals surface area contributed by atoms with Crippen LogP contribution in [-0.2, 0) is 14.2 Å². The number of aliphatic hydroxyl groups excluding tert-OH is 1. The summed E-state index contributed by atoms with van der Waals surface area (Å²) >= 11 is 0. The first-order chi connectivity index (χ1) is 5.99. The van der Waals surface area contributed by atoms with Gasteiger partial charge in [-0.3, -0.25) is 14.2 Å². The van der Waals surface area contributed by atoms with Crippen molar-refractivity contribution in [3.05, 3.63) is 0 Å². The van der Waals surface area contributed by atoms with Crippen LogP contribution in [0.3, 0.4) is 0 Å². The number of hydrogen-bond acceptors (Lipinski definition) is 4. The summed E-state index contributed by atoms with van der Waals surface area (Å²) in [6.07, 6.45) is -0.607. The van der Waals surface area contributed by atoms with E-state index in [-0.39, 0.29) is 12.8 Å². The van der Waals surface area contributed by atoms with E-state index in [2.05, 4.69) is 0 Å². The molecule has 0 radical (unpaired) electrons. The zero-order valence-electron chi connectivity index (χ0n) is 6.58. The maximum atomic E-state index is 10.4. The Labute approximate surface area is 75.4 Å². The fraction of sp³-hybridized carbons (Fsp3) is 0.667. The first kappa shape index (κ1) is 12.0. The minimum absolute atomic E-state index is 0.235. The molecule has 7 heteroatoms. The molecule has 0 amide bonds. The summed E-state index contributed by atoms with van der Waals surface area (Å²) in [4.78, 5) is 20.5. The van der Waals surface area contributed by atoms with Gasteiger partial charge in [0.05, 0.1) is 5.92 Å². The zero-order valence-corrected chi connectivity index (χ0v) is 7.48. The summed E-state index contributed by atoms with van der Waals surface area (Å²) in [5.41, 5.74) is 0. The Kier molecular flexibility index (Phi) is 5.18. The van der Waals surface area contributed by atoms with Gasteiger partial charge in [-0.15, -0.1) is 0 Å². The Hall–Kier alpha value is -1.00. The highest BCUT2D eigenvalue weighted by molar-refractivity contribution is 7.24. The molecule has 0 rings (SSSR count). The van der Waals surface area contributed by atoms with Crippen molar-refractivity contribution in [1.29, 1.82) is 0 Å². The molecule has 0 saturated carbocycles. The fourth-order valence-corrected chi connectivity index (χ4v) is 1.18. The summed E-state index contributed by atoms with van der Waals surface area (Å²) in [6, 6.07) is 0. The average Bonchev–Trinajstić information content (AvgIpc) is 2.03. The molecule has 0 aromatic rings. The topological polar surface area (TPSA) is 112 Å². The van der Waals surface area contributed by atoms with Crippen LogP contribution in [0.15, 0.2) is 0 Å². The summed E-state index contributed by atoms with van der Waals surface area (Å²) in [6.45, 7) is 0. The number of aliphatic hydroxyl groups is 1. The summed E-state index contributed by atoms with van der Waals surface area (Å²) in [5, 5.41) is 25.6. The van der Waals surface area contributed by atoms with Crippen LogP contribution in [0.5, 0.6) is 0 Å². The first-order valence-corrected chi connectivity index (χ1v) is 4.32. The van der Waals surface area contributed by atoms with Crippen LogP contribution in [0.2, 0.25) is 0 Å². The Morgan fingerprint density at radius 2 is 1.85 bits per heavy atom. The van der Waals surface area contributed by atoms with Crippen molar-refractivity contribution in [2.45, 2.75) is 18.7 Å². The average molecular weight is 208 g/mol. The first-order valence-electron chi connectivity index (χ1n) is 3.44. The minimum atomic E-state index is -1.54.